The van der Waals surface area contributed by atoms with Crippen molar-refractivity contribution in [2.45, 2.75) is 6.61 Å². The number of aromatic carboxylic acids is 1. The Morgan fingerprint density at radius 2 is 2.00 bits per heavy atom. The van der Waals surface area contributed by atoms with E-state index >= 15 is 0 Å². The van der Waals surface area contributed by atoms with Crippen LogP contribution in [0, 0.1) is 0 Å². The third-order valence-corrected chi connectivity index (χ3v) is 2.30. The first-order valence-corrected chi connectivity index (χ1v) is 4.79. The first-order valence-electron chi connectivity index (χ1n) is 4.79. The normalized spacial score (nSPS) is 10.8. The minimum atomic E-state index is -2.90. The third kappa shape index (κ3) is 2.33. The highest BCUT2D eigenvalue weighted by Crippen LogP contribution is 2.27. The Bertz CT molecular complexity index is 567. The lowest BCUT2D eigenvalue weighted by Crippen LogP contribution is -2.02. The maximum atomic E-state index is 12.1. The van der Waals surface area contributed by atoms with Crippen LogP contribution in [-0.2, 0) is 0 Å². The van der Waals surface area contributed by atoms with Gasteiger partial charge in [-0.25, -0.2) is 4.79 Å². The quantitative estimate of drug-likeness (QED) is 0.893. The zero-order valence-electron chi connectivity index (χ0n) is 8.56. The van der Waals surface area contributed by atoms with Gasteiger partial charge < -0.3 is 9.84 Å². The van der Waals surface area contributed by atoms with E-state index < -0.39 is 12.6 Å². The van der Waals surface area contributed by atoms with Crippen LogP contribution >= 0.6 is 0 Å². The second-order valence-corrected chi connectivity index (χ2v) is 3.38. The molecule has 0 aliphatic carbocycles. The Kier molecular flexibility index (Phi) is 2.91. The Morgan fingerprint density at radius 1 is 1.24 bits per heavy atom. The maximum Gasteiger partial charge on any atom is 0.387 e. The molecule has 0 aromatic heterocycles. The Hall–Kier alpha value is -2.17. The molecule has 0 radical (unpaired) electrons. The molecule has 0 aliphatic rings. The number of carbonyl (C=O) groups is 1. The number of carboxylic acids is 1. The summed E-state index contributed by atoms with van der Waals surface area (Å²) in [6, 6.07) is 8.80. The number of carboxylic acid groups (broad SMARTS) is 1. The summed E-state index contributed by atoms with van der Waals surface area (Å²) in [6.45, 7) is -2.90. The molecule has 0 atom stereocenters. The summed E-state index contributed by atoms with van der Waals surface area (Å²) in [6.07, 6.45) is 0. The van der Waals surface area contributed by atoms with Crippen LogP contribution in [-0.4, -0.2) is 17.7 Å². The molecular weight excluding hydrogens is 230 g/mol. The van der Waals surface area contributed by atoms with E-state index in [0.29, 0.717) is 10.8 Å². The van der Waals surface area contributed by atoms with Gasteiger partial charge in [-0.3, -0.25) is 0 Å². The highest BCUT2D eigenvalue weighted by atomic mass is 19.3. The second kappa shape index (κ2) is 4.37. The topological polar surface area (TPSA) is 46.5 Å². The van der Waals surface area contributed by atoms with Gasteiger partial charge in [0.05, 0.1) is 5.56 Å². The zero-order chi connectivity index (χ0) is 12.4. The molecule has 2 aromatic rings. The molecule has 2 aromatic carbocycles. The molecule has 5 heteroatoms. The summed E-state index contributed by atoms with van der Waals surface area (Å²) in [5.41, 5.74) is 0.103. The van der Waals surface area contributed by atoms with E-state index in [1.165, 1.54) is 30.3 Å². The molecule has 0 heterocycles. The van der Waals surface area contributed by atoms with Crippen molar-refractivity contribution >= 4 is 16.7 Å². The van der Waals surface area contributed by atoms with Gasteiger partial charge in [-0.1, -0.05) is 12.1 Å². The number of halogens is 2. The minimum Gasteiger partial charge on any atom is -0.478 e. The van der Waals surface area contributed by atoms with Gasteiger partial charge >= 0.3 is 12.6 Å². The van der Waals surface area contributed by atoms with Crippen molar-refractivity contribution in [1.82, 2.24) is 0 Å². The Labute approximate surface area is 95.2 Å². The molecule has 0 fully saturated rings. The van der Waals surface area contributed by atoms with Gasteiger partial charge in [0.15, 0.2) is 0 Å². The van der Waals surface area contributed by atoms with Crippen molar-refractivity contribution in [1.29, 1.82) is 0 Å². The molecule has 0 bridgehead atoms. The third-order valence-electron chi connectivity index (χ3n) is 2.30. The van der Waals surface area contributed by atoms with Gasteiger partial charge in [0.2, 0.25) is 0 Å². The summed E-state index contributed by atoms with van der Waals surface area (Å²) in [4.78, 5) is 10.8. The average molecular weight is 238 g/mol. The van der Waals surface area contributed by atoms with Crippen molar-refractivity contribution in [3.63, 3.8) is 0 Å². The van der Waals surface area contributed by atoms with Crippen LogP contribution in [0.2, 0.25) is 0 Å². The van der Waals surface area contributed by atoms with Gasteiger partial charge in [-0.15, -0.1) is 0 Å². The first-order chi connectivity index (χ1) is 8.08. The molecule has 0 spiro atoms. The molecule has 88 valence electrons. The SMILES string of the molecule is O=C(O)c1ccc2c(OC(F)F)cccc2c1. The number of ether oxygens (including phenoxy) is 1. The fraction of sp³-hybridized carbons (Fsp3) is 0.0833. The fourth-order valence-corrected chi connectivity index (χ4v) is 1.59. The van der Waals surface area contributed by atoms with Gasteiger partial charge in [-0.05, 0) is 29.7 Å². The van der Waals surface area contributed by atoms with Crippen molar-refractivity contribution in [3.05, 3.63) is 42.0 Å². The lowest BCUT2D eigenvalue weighted by molar-refractivity contribution is -0.0488. The van der Waals surface area contributed by atoms with Crippen molar-refractivity contribution < 1.29 is 23.4 Å². The number of rotatable bonds is 3. The standard InChI is InChI=1S/C12H8F2O3/c13-12(14)17-10-3-1-2-7-6-8(11(15)16)4-5-9(7)10/h1-6,12H,(H,15,16). The molecule has 3 nitrogen and oxygen atoms in total. The molecule has 0 saturated carbocycles. The monoisotopic (exact) mass is 238 g/mol. The van der Waals surface area contributed by atoms with Crippen LogP contribution < -0.4 is 4.74 Å². The maximum absolute atomic E-state index is 12.1. The number of hydrogen-bond donors (Lipinski definition) is 1. The molecule has 0 saturated heterocycles. The van der Waals surface area contributed by atoms with Crippen LogP contribution in [0.5, 0.6) is 5.75 Å². The van der Waals surface area contributed by atoms with E-state index in [9.17, 15) is 13.6 Å². The van der Waals surface area contributed by atoms with E-state index in [0.717, 1.165) is 0 Å². The van der Waals surface area contributed by atoms with Crippen LogP contribution in [0.4, 0.5) is 8.78 Å². The Morgan fingerprint density at radius 3 is 2.65 bits per heavy atom. The summed E-state index contributed by atoms with van der Waals surface area (Å²) in [5.74, 6) is -1.03. The zero-order valence-corrected chi connectivity index (χ0v) is 8.56. The number of fused-ring (bicyclic) bond motifs is 1. The molecular formula is C12H8F2O3. The van der Waals surface area contributed by atoms with Gasteiger partial charge in [0, 0.05) is 5.39 Å². The molecule has 1 N–H and O–H groups in total. The van der Waals surface area contributed by atoms with Gasteiger partial charge in [-0.2, -0.15) is 8.78 Å². The predicted molar refractivity (Wildman–Crippen MR) is 57.5 cm³/mol. The number of alkyl halides is 2. The average Bonchev–Trinajstić information content (AvgIpc) is 2.28. The van der Waals surface area contributed by atoms with E-state index in [1.54, 1.807) is 6.07 Å². The summed E-state index contributed by atoms with van der Waals surface area (Å²) in [7, 11) is 0. The van der Waals surface area contributed by atoms with E-state index in [4.69, 9.17) is 5.11 Å². The summed E-state index contributed by atoms with van der Waals surface area (Å²) in [5, 5.41) is 9.81. The molecule has 0 unspecified atom stereocenters. The Balaban J connectivity index is 2.54. The van der Waals surface area contributed by atoms with Crippen LogP contribution in [0.25, 0.3) is 10.8 Å². The molecule has 0 amide bonds. The molecule has 0 aliphatic heterocycles. The van der Waals surface area contributed by atoms with Crippen molar-refractivity contribution in [2.24, 2.45) is 0 Å². The smallest absolute Gasteiger partial charge is 0.387 e. The molecule has 17 heavy (non-hydrogen) atoms. The van der Waals surface area contributed by atoms with E-state index in [-0.39, 0.29) is 11.3 Å². The van der Waals surface area contributed by atoms with Crippen LogP contribution in [0.3, 0.4) is 0 Å². The van der Waals surface area contributed by atoms with Gasteiger partial charge in [0.25, 0.3) is 0 Å². The second-order valence-electron chi connectivity index (χ2n) is 3.38. The predicted octanol–water partition coefficient (Wildman–Crippen LogP) is 3.14. The van der Waals surface area contributed by atoms with E-state index in [1.807, 2.05) is 0 Å². The lowest BCUT2D eigenvalue weighted by Gasteiger charge is -2.08. The van der Waals surface area contributed by atoms with E-state index in [2.05, 4.69) is 4.74 Å². The lowest BCUT2D eigenvalue weighted by atomic mass is 10.1. The van der Waals surface area contributed by atoms with Crippen LogP contribution in [0.1, 0.15) is 10.4 Å². The highest BCUT2D eigenvalue weighted by molar-refractivity contribution is 5.96. The fourth-order valence-electron chi connectivity index (χ4n) is 1.59. The van der Waals surface area contributed by atoms with Crippen molar-refractivity contribution in [3.8, 4) is 5.75 Å². The number of hydrogen-bond acceptors (Lipinski definition) is 2. The number of benzene rings is 2. The minimum absolute atomic E-state index is 0.0365. The van der Waals surface area contributed by atoms with Gasteiger partial charge in [0.1, 0.15) is 5.75 Å². The molecule has 2 rings (SSSR count). The first kappa shape index (κ1) is 11.3. The largest absolute Gasteiger partial charge is 0.478 e. The van der Waals surface area contributed by atoms with Crippen molar-refractivity contribution in [2.75, 3.05) is 0 Å². The highest BCUT2D eigenvalue weighted by Gasteiger charge is 2.10. The summed E-state index contributed by atoms with van der Waals surface area (Å²) >= 11 is 0. The van der Waals surface area contributed by atoms with Crippen LogP contribution in [0.15, 0.2) is 36.4 Å². The summed E-state index contributed by atoms with van der Waals surface area (Å²) < 4.78 is 28.6.